The molecule has 2 rings (SSSR count). The molecule has 164 valence electrons. The molecule has 0 bridgehead atoms. The minimum Gasteiger partial charge on any atom is -0.495 e. The number of carbonyl (C=O) groups excluding carboxylic acids is 1. The standard InChI is InChI=1S/C20H25ClN2O6S/c1-13(20(24)22-12-14-6-8-18(28-3)19(10-14)29-4)23(30(5,25)26)15-7-9-17(27-2)16(21)11-15/h6-11,13H,12H2,1-5H3,(H,22,24)/t13-/m1/s1. The van der Waals surface area contributed by atoms with Gasteiger partial charge in [0.2, 0.25) is 15.9 Å². The van der Waals surface area contributed by atoms with Gasteiger partial charge in [0.05, 0.1) is 38.3 Å². The van der Waals surface area contributed by atoms with Crippen molar-refractivity contribution >= 4 is 33.2 Å². The highest BCUT2D eigenvalue weighted by atomic mass is 35.5. The second kappa shape index (κ2) is 9.90. The maximum Gasteiger partial charge on any atom is 0.243 e. The summed E-state index contributed by atoms with van der Waals surface area (Å²) in [6, 6.07) is 8.76. The van der Waals surface area contributed by atoms with Gasteiger partial charge in [-0.25, -0.2) is 8.42 Å². The minimum absolute atomic E-state index is 0.185. The zero-order valence-electron chi connectivity index (χ0n) is 17.4. The summed E-state index contributed by atoms with van der Waals surface area (Å²) in [5.41, 5.74) is 1.03. The number of hydrogen-bond acceptors (Lipinski definition) is 6. The second-order valence-corrected chi connectivity index (χ2v) is 8.73. The molecule has 8 nitrogen and oxygen atoms in total. The summed E-state index contributed by atoms with van der Waals surface area (Å²) in [6.45, 7) is 1.69. The fourth-order valence-corrected chi connectivity index (χ4v) is 4.35. The normalized spacial score (nSPS) is 12.1. The van der Waals surface area contributed by atoms with Gasteiger partial charge in [-0.1, -0.05) is 17.7 Å². The molecule has 2 aromatic carbocycles. The molecule has 0 fully saturated rings. The Kier molecular flexibility index (Phi) is 7.80. The Morgan fingerprint density at radius 2 is 1.63 bits per heavy atom. The number of halogens is 1. The monoisotopic (exact) mass is 456 g/mol. The molecule has 0 unspecified atom stereocenters. The van der Waals surface area contributed by atoms with E-state index < -0.39 is 22.0 Å². The lowest BCUT2D eigenvalue weighted by Gasteiger charge is -2.28. The Labute approximate surface area is 181 Å². The Balaban J connectivity index is 2.21. The first-order valence-electron chi connectivity index (χ1n) is 8.94. The van der Waals surface area contributed by atoms with Gasteiger partial charge >= 0.3 is 0 Å². The van der Waals surface area contributed by atoms with Gasteiger partial charge in [-0.2, -0.15) is 0 Å². The molecule has 0 heterocycles. The summed E-state index contributed by atoms with van der Waals surface area (Å²) < 4.78 is 41.4. The topological polar surface area (TPSA) is 94.2 Å². The molecule has 2 aromatic rings. The van der Waals surface area contributed by atoms with Crippen LogP contribution in [0.5, 0.6) is 17.2 Å². The number of benzene rings is 2. The quantitative estimate of drug-likeness (QED) is 0.623. The van der Waals surface area contributed by atoms with Gasteiger partial charge in [0, 0.05) is 6.54 Å². The van der Waals surface area contributed by atoms with Crippen molar-refractivity contribution < 1.29 is 27.4 Å². The molecule has 0 saturated carbocycles. The fourth-order valence-electron chi connectivity index (χ4n) is 2.93. The van der Waals surface area contributed by atoms with Gasteiger partial charge in [0.1, 0.15) is 11.8 Å². The highest BCUT2D eigenvalue weighted by Crippen LogP contribution is 2.31. The van der Waals surface area contributed by atoms with Crippen molar-refractivity contribution in [1.29, 1.82) is 0 Å². The van der Waals surface area contributed by atoms with Crippen LogP contribution in [0.3, 0.4) is 0 Å². The molecule has 0 aromatic heterocycles. The number of hydrogen-bond donors (Lipinski definition) is 1. The lowest BCUT2D eigenvalue weighted by Crippen LogP contribution is -2.47. The Bertz CT molecular complexity index is 1010. The summed E-state index contributed by atoms with van der Waals surface area (Å²) in [5, 5.41) is 2.99. The zero-order valence-corrected chi connectivity index (χ0v) is 19.0. The fraction of sp³-hybridized carbons (Fsp3) is 0.350. The minimum atomic E-state index is -3.76. The summed E-state index contributed by atoms with van der Waals surface area (Å²) in [6.07, 6.45) is 1.03. The van der Waals surface area contributed by atoms with Crippen LogP contribution < -0.4 is 23.8 Å². The van der Waals surface area contributed by atoms with E-state index in [0.29, 0.717) is 17.2 Å². The van der Waals surface area contributed by atoms with Crippen molar-refractivity contribution in [2.24, 2.45) is 0 Å². The van der Waals surface area contributed by atoms with E-state index >= 15 is 0 Å². The third-order valence-corrected chi connectivity index (χ3v) is 5.93. The average Bonchev–Trinajstić information content (AvgIpc) is 2.70. The van der Waals surface area contributed by atoms with E-state index in [-0.39, 0.29) is 17.3 Å². The van der Waals surface area contributed by atoms with Crippen molar-refractivity contribution in [2.75, 3.05) is 31.9 Å². The molecule has 1 amide bonds. The maximum atomic E-state index is 12.7. The number of sulfonamides is 1. The van der Waals surface area contributed by atoms with Gasteiger partial charge in [-0.3, -0.25) is 9.10 Å². The number of anilines is 1. The number of carbonyl (C=O) groups is 1. The first kappa shape index (κ1) is 23.6. The molecule has 30 heavy (non-hydrogen) atoms. The Morgan fingerprint density at radius 1 is 1.03 bits per heavy atom. The lowest BCUT2D eigenvalue weighted by molar-refractivity contribution is -0.122. The van der Waals surface area contributed by atoms with Crippen LogP contribution in [0.2, 0.25) is 5.02 Å². The summed E-state index contributed by atoms with van der Waals surface area (Å²) >= 11 is 6.13. The molecule has 10 heteroatoms. The molecule has 0 aliphatic heterocycles. The Hall–Kier alpha value is -2.65. The van der Waals surface area contributed by atoms with Gasteiger partial charge in [-0.05, 0) is 42.8 Å². The highest BCUT2D eigenvalue weighted by Gasteiger charge is 2.29. The van der Waals surface area contributed by atoms with E-state index in [0.717, 1.165) is 16.1 Å². The van der Waals surface area contributed by atoms with E-state index in [1.807, 2.05) is 0 Å². The van der Waals surface area contributed by atoms with Crippen LogP contribution in [0.4, 0.5) is 5.69 Å². The SMILES string of the molecule is COc1ccc(N([C@H](C)C(=O)NCc2ccc(OC)c(OC)c2)S(C)(=O)=O)cc1Cl. The van der Waals surface area contributed by atoms with Gasteiger partial charge in [0.25, 0.3) is 0 Å². The predicted molar refractivity (Wildman–Crippen MR) is 116 cm³/mol. The first-order valence-corrected chi connectivity index (χ1v) is 11.2. The van der Waals surface area contributed by atoms with Crippen LogP contribution in [-0.2, 0) is 21.4 Å². The smallest absolute Gasteiger partial charge is 0.243 e. The molecule has 0 aliphatic rings. The van der Waals surface area contributed by atoms with Crippen molar-refractivity contribution in [3.05, 3.63) is 47.0 Å². The molecule has 0 saturated heterocycles. The molecule has 1 atom stereocenters. The summed E-state index contributed by atoms with van der Waals surface area (Å²) in [4.78, 5) is 12.7. The van der Waals surface area contributed by atoms with Gasteiger partial charge in [-0.15, -0.1) is 0 Å². The van der Waals surface area contributed by atoms with Crippen molar-refractivity contribution in [1.82, 2.24) is 5.32 Å². The lowest BCUT2D eigenvalue weighted by atomic mass is 10.2. The highest BCUT2D eigenvalue weighted by molar-refractivity contribution is 7.92. The number of nitrogens with one attached hydrogen (secondary N) is 1. The van der Waals surface area contributed by atoms with E-state index in [1.54, 1.807) is 24.3 Å². The van der Waals surface area contributed by atoms with Crippen molar-refractivity contribution in [2.45, 2.75) is 19.5 Å². The molecule has 1 N–H and O–H groups in total. The van der Waals surface area contributed by atoms with Crippen LogP contribution in [0.15, 0.2) is 36.4 Å². The largest absolute Gasteiger partial charge is 0.495 e. The molecule has 0 spiro atoms. The number of ether oxygens (including phenoxy) is 3. The second-order valence-electron chi connectivity index (χ2n) is 6.46. The number of methoxy groups -OCH3 is 3. The average molecular weight is 457 g/mol. The number of rotatable bonds is 9. The molecule has 0 radical (unpaired) electrons. The van der Waals surface area contributed by atoms with Crippen LogP contribution >= 0.6 is 11.6 Å². The Morgan fingerprint density at radius 3 is 2.17 bits per heavy atom. The van der Waals surface area contributed by atoms with Crippen LogP contribution in [0, 0.1) is 0 Å². The van der Waals surface area contributed by atoms with Crippen LogP contribution in [0.25, 0.3) is 0 Å². The van der Waals surface area contributed by atoms with E-state index in [2.05, 4.69) is 5.32 Å². The van der Waals surface area contributed by atoms with Crippen molar-refractivity contribution in [3.8, 4) is 17.2 Å². The van der Waals surface area contributed by atoms with E-state index in [1.165, 1.54) is 40.4 Å². The summed E-state index contributed by atoms with van der Waals surface area (Å²) in [7, 11) is 0.747. The van der Waals surface area contributed by atoms with Gasteiger partial charge < -0.3 is 19.5 Å². The van der Waals surface area contributed by atoms with E-state index in [4.69, 9.17) is 25.8 Å². The molecule has 0 aliphatic carbocycles. The number of amides is 1. The molecular weight excluding hydrogens is 432 g/mol. The molecular formula is C20H25ClN2O6S. The maximum absolute atomic E-state index is 12.7. The zero-order chi connectivity index (χ0) is 22.5. The first-order chi connectivity index (χ1) is 14.1. The van der Waals surface area contributed by atoms with Crippen LogP contribution in [-0.4, -0.2) is 48.0 Å². The third-order valence-electron chi connectivity index (χ3n) is 4.39. The summed E-state index contributed by atoms with van der Waals surface area (Å²) in [5.74, 6) is 1.03. The van der Waals surface area contributed by atoms with Gasteiger partial charge in [0.15, 0.2) is 11.5 Å². The predicted octanol–water partition coefficient (Wildman–Crippen LogP) is 2.84. The third kappa shape index (κ3) is 5.48. The van der Waals surface area contributed by atoms with Crippen molar-refractivity contribution in [3.63, 3.8) is 0 Å². The number of nitrogens with zero attached hydrogens (tertiary/aromatic N) is 1. The van der Waals surface area contributed by atoms with Crippen LogP contribution in [0.1, 0.15) is 12.5 Å². The van der Waals surface area contributed by atoms with E-state index in [9.17, 15) is 13.2 Å².